The Labute approximate surface area is 83.7 Å². The van der Waals surface area contributed by atoms with E-state index < -0.39 is 0 Å². The van der Waals surface area contributed by atoms with Crippen molar-refractivity contribution in [2.24, 2.45) is 0 Å². The molecule has 0 aliphatic heterocycles. The van der Waals surface area contributed by atoms with E-state index in [9.17, 15) is 0 Å². The Morgan fingerprint density at radius 2 is 1.27 bits per heavy atom. The minimum absolute atomic E-state index is 0.694. The normalized spacial score (nSPS) is 7.36. The SMILES string of the molecule is CC[N-]CC.C[C-](C)C.[NH]=[Ta]. The molecule has 3 heteroatoms. The van der Waals surface area contributed by atoms with Crippen molar-refractivity contribution in [1.29, 1.82) is 3.76 Å². The van der Waals surface area contributed by atoms with Gasteiger partial charge in [-0.15, -0.1) is 0 Å². The number of nitrogens with zero attached hydrogens (tertiary/aromatic N) is 1. The average Bonchev–Trinajstić information content (AvgIpc) is 1.93. The van der Waals surface area contributed by atoms with Gasteiger partial charge in [-0.3, -0.25) is 0 Å². The first-order valence-electron chi connectivity index (χ1n) is 3.77. The van der Waals surface area contributed by atoms with Crippen molar-refractivity contribution in [3.8, 4) is 0 Å². The molecule has 0 rings (SSSR count). The molecule has 0 amide bonds. The summed E-state index contributed by atoms with van der Waals surface area (Å²) in [7, 11) is 0. The van der Waals surface area contributed by atoms with Crippen LogP contribution >= 0.6 is 0 Å². The average molecular weight is 325 g/mol. The summed E-state index contributed by atoms with van der Waals surface area (Å²) < 4.78 is 5.86. The van der Waals surface area contributed by atoms with Gasteiger partial charge in [-0.2, -0.15) is 33.9 Å². The Hall–Kier alpha value is 0.500. The van der Waals surface area contributed by atoms with E-state index in [2.05, 4.69) is 26.1 Å². The second-order valence-electron chi connectivity index (χ2n) is 2.36. The first kappa shape index (κ1) is 17.5. The van der Waals surface area contributed by atoms with Crippen LogP contribution in [-0.2, 0) is 20.9 Å². The fraction of sp³-hybridized carbons (Fsp3) is 0.875. The third-order valence-corrected chi connectivity index (χ3v) is 0.447. The molecule has 0 aromatic heterocycles. The molecule has 0 heterocycles. The molecule has 0 unspecified atom stereocenters. The summed E-state index contributed by atoms with van der Waals surface area (Å²) in [5.74, 6) is 1.42. The van der Waals surface area contributed by atoms with Gasteiger partial charge in [-0.05, 0) is 0 Å². The second kappa shape index (κ2) is 22.4. The van der Waals surface area contributed by atoms with E-state index in [1.54, 1.807) is 0 Å². The predicted octanol–water partition coefficient (Wildman–Crippen LogP) is 3.32. The van der Waals surface area contributed by atoms with Gasteiger partial charge in [0.1, 0.15) is 0 Å². The van der Waals surface area contributed by atoms with Crippen molar-refractivity contribution in [3.63, 3.8) is 0 Å². The van der Waals surface area contributed by atoms with Crippen LogP contribution in [0.3, 0.4) is 0 Å². The molecular formula is C8H20N2Ta-2. The fourth-order valence-electron chi connectivity index (χ4n) is 0.224. The molecule has 0 aliphatic carbocycles. The van der Waals surface area contributed by atoms with Crippen LogP contribution in [0.2, 0.25) is 0 Å². The molecule has 0 aromatic carbocycles. The van der Waals surface area contributed by atoms with E-state index in [1.165, 1.54) is 5.92 Å². The van der Waals surface area contributed by atoms with Gasteiger partial charge < -0.3 is 11.2 Å². The van der Waals surface area contributed by atoms with Crippen LogP contribution < -0.4 is 0 Å². The predicted molar refractivity (Wildman–Crippen MR) is 47.4 cm³/mol. The Kier molecular flexibility index (Phi) is 35.8. The summed E-state index contributed by atoms with van der Waals surface area (Å²) in [6.45, 7) is 12.3. The van der Waals surface area contributed by atoms with E-state index >= 15 is 0 Å². The zero-order valence-corrected chi connectivity index (χ0v) is 11.5. The van der Waals surface area contributed by atoms with Crippen LogP contribution in [0.1, 0.15) is 34.6 Å². The molecule has 0 aliphatic rings. The molecule has 0 saturated carbocycles. The van der Waals surface area contributed by atoms with E-state index in [1.807, 2.05) is 13.8 Å². The van der Waals surface area contributed by atoms with Gasteiger partial charge in [0.15, 0.2) is 0 Å². The third-order valence-electron chi connectivity index (χ3n) is 0.447. The maximum atomic E-state index is 5.86. The van der Waals surface area contributed by atoms with Crippen LogP contribution in [0.5, 0.6) is 0 Å². The summed E-state index contributed by atoms with van der Waals surface area (Å²) in [6, 6.07) is 0. The topological polar surface area (TPSA) is 38.0 Å². The van der Waals surface area contributed by atoms with Crippen molar-refractivity contribution in [1.82, 2.24) is 0 Å². The van der Waals surface area contributed by atoms with E-state index in [4.69, 9.17) is 3.76 Å². The standard InChI is InChI=1S/C4H10N.C4H9.HN.Ta/c1-3-5-4-2;1-4(2)3;;/h3-4H2,1-2H3;1-3H3;1H;/q2*-1;;. The Balaban J connectivity index is -0.0000000965. The van der Waals surface area contributed by atoms with Crippen LogP contribution in [0.4, 0.5) is 0 Å². The number of hydrogen-bond acceptors (Lipinski definition) is 1. The van der Waals surface area contributed by atoms with Crippen LogP contribution in [0.15, 0.2) is 0 Å². The Morgan fingerprint density at radius 1 is 1.09 bits per heavy atom. The van der Waals surface area contributed by atoms with Crippen LogP contribution in [-0.4, -0.2) is 13.1 Å². The Bertz CT molecular complexity index is 44.6. The minimum atomic E-state index is 0.694. The summed E-state index contributed by atoms with van der Waals surface area (Å²) in [5, 5.41) is 3.97. The summed E-state index contributed by atoms with van der Waals surface area (Å²) >= 11 is 0.694. The molecule has 0 fully saturated rings. The van der Waals surface area contributed by atoms with Gasteiger partial charge in [-0.1, -0.05) is 13.8 Å². The van der Waals surface area contributed by atoms with E-state index in [-0.39, 0.29) is 0 Å². The number of rotatable bonds is 2. The second-order valence-corrected chi connectivity index (χ2v) is 2.36. The first-order valence-corrected chi connectivity index (χ1v) is 5.38. The molecular weight excluding hydrogens is 305 g/mol. The van der Waals surface area contributed by atoms with E-state index in [0.29, 0.717) is 20.9 Å². The number of nitrogens with one attached hydrogen (secondary N) is 1. The van der Waals surface area contributed by atoms with Crippen molar-refractivity contribution in [3.05, 3.63) is 11.2 Å². The van der Waals surface area contributed by atoms with E-state index in [0.717, 1.165) is 13.1 Å². The molecule has 0 saturated heterocycles. The van der Waals surface area contributed by atoms with Gasteiger partial charge in [0.05, 0.1) is 0 Å². The van der Waals surface area contributed by atoms with Gasteiger partial charge in [0, 0.05) is 0 Å². The molecule has 2 nitrogen and oxygen atoms in total. The van der Waals surface area contributed by atoms with Crippen molar-refractivity contribution in [2.45, 2.75) is 34.6 Å². The van der Waals surface area contributed by atoms with Gasteiger partial charge in [0.25, 0.3) is 0 Å². The quantitative estimate of drug-likeness (QED) is 0.757. The molecule has 0 atom stereocenters. The molecule has 0 aromatic rings. The Morgan fingerprint density at radius 3 is 1.27 bits per heavy atom. The molecule has 69 valence electrons. The van der Waals surface area contributed by atoms with Gasteiger partial charge >= 0.3 is 24.6 Å². The summed E-state index contributed by atoms with van der Waals surface area (Å²) in [5.41, 5.74) is 0. The maximum absolute atomic E-state index is 5.86. The zero-order valence-electron chi connectivity index (χ0n) is 8.31. The van der Waals surface area contributed by atoms with Crippen LogP contribution in [0.25, 0.3) is 5.32 Å². The van der Waals surface area contributed by atoms with Crippen LogP contribution in [0, 0.1) is 9.67 Å². The molecule has 11 heavy (non-hydrogen) atoms. The molecule has 0 bridgehead atoms. The van der Waals surface area contributed by atoms with Crippen molar-refractivity contribution in [2.75, 3.05) is 13.1 Å². The monoisotopic (exact) mass is 325 g/mol. The fourth-order valence-corrected chi connectivity index (χ4v) is 0.224. The summed E-state index contributed by atoms with van der Waals surface area (Å²) in [4.78, 5) is 0. The van der Waals surface area contributed by atoms with Gasteiger partial charge in [0.2, 0.25) is 0 Å². The molecule has 0 radical (unpaired) electrons. The van der Waals surface area contributed by atoms with Crippen molar-refractivity contribution < 1.29 is 20.9 Å². The molecule has 1 N–H and O–H groups in total. The summed E-state index contributed by atoms with van der Waals surface area (Å²) in [6.07, 6.45) is 0. The third kappa shape index (κ3) is 121. The zero-order chi connectivity index (χ0) is 9.70. The number of hydrogen-bond donors (Lipinski definition) is 1. The van der Waals surface area contributed by atoms with Crippen molar-refractivity contribution >= 4 is 0 Å². The molecule has 0 spiro atoms. The van der Waals surface area contributed by atoms with Gasteiger partial charge in [-0.25, -0.2) is 0 Å². The first-order chi connectivity index (χ1) is 5.15.